The number of hydrogen-bond acceptors (Lipinski definition) is 4. The second-order valence-corrected chi connectivity index (χ2v) is 9.19. The van der Waals surface area contributed by atoms with Crippen LogP contribution in [-0.4, -0.2) is 75.1 Å². The molecule has 0 aliphatic carbocycles. The minimum absolute atomic E-state index is 0.0705. The van der Waals surface area contributed by atoms with E-state index in [2.05, 4.69) is 14.8 Å². The van der Waals surface area contributed by atoms with Crippen molar-refractivity contribution in [3.63, 3.8) is 0 Å². The van der Waals surface area contributed by atoms with E-state index >= 15 is 0 Å². The Hall–Kier alpha value is -1.51. The van der Waals surface area contributed by atoms with E-state index in [-0.39, 0.29) is 6.04 Å². The van der Waals surface area contributed by atoms with Crippen LogP contribution in [0.15, 0.2) is 29.3 Å². The quantitative estimate of drug-likeness (QED) is 0.607. The van der Waals surface area contributed by atoms with Crippen LogP contribution in [0.4, 0.5) is 5.69 Å². The highest BCUT2D eigenvalue weighted by Gasteiger charge is 2.31. The van der Waals surface area contributed by atoms with Gasteiger partial charge in [-0.05, 0) is 37.1 Å². The maximum atomic E-state index is 11.8. The zero-order valence-electron chi connectivity index (χ0n) is 15.0. The number of benzene rings is 1. The molecule has 2 aliphatic rings. The zero-order chi connectivity index (χ0) is 18.7. The number of aliphatic imine (C=N–C) groups is 1. The smallest absolute Gasteiger partial charge is 0.211 e. The summed E-state index contributed by atoms with van der Waals surface area (Å²) >= 11 is 5.94. The number of hydrogen-bond donors (Lipinski definition) is 1. The zero-order valence-corrected chi connectivity index (χ0v) is 16.6. The Bertz CT molecular complexity index is 745. The Labute approximate surface area is 160 Å². The van der Waals surface area contributed by atoms with Gasteiger partial charge in [0.25, 0.3) is 0 Å². The molecule has 0 radical (unpaired) electrons. The molecule has 7 nitrogen and oxygen atoms in total. The van der Waals surface area contributed by atoms with Crippen LogP contribution in [0.5, 0.6) is 0 Å². The van der Waals surface area contributed by atoms with E-state index in [1.54, 1.807) is 4.31 Å². The third-order valence-corrected chi connectivity index (χ3v) is 6.59. The lowest BCUT2D eigenvalue weighted by Gasteiger charge is -2.36. The van der Waals surface area contributed by atoms with Crippen molar-refractivity contribution in [1.29, 1.82) is 0 Å². The van der Waals surface area contributed by atoms with Crippen LogP contribution >= 0.6 is 11.6 Å². The van der Waals surface area contributed by atoms with Gasteiger partial charge in [0.2, 0.25) is 10.0 Å². The standard InChI is InChI=1S/C17H26ClN5O2S/c1-26(24,25)23-8-2-3-16(23)13-20-17(19)22-11-9-21(10-12-22)15-6-4-14(18)5-7-15/h4-7,16H,2-3,8-13H2,1H3,(H2,19,20)/t16-/m1/s1. The molecule has 2 aliphatic heterocycles. The highest BCUT2D eigenvalue weighted by molar-refractivity contribution is 7.88. The van der Waals surface area contributed by atoms with E-state index < -0.39 is 10.0 Å². The summed E-state index contributed by atoms with van der Waals surface area (Å²) in [5, 5.41) is 0.735. The fourth-order valence-electron chi connectivity index (χ4n) is 3.57. The van der Waals surface area contributed by atoms with E-state index in [1.807, 2.05) is 24.3 Å². The first-order chi connectivity index (χ1) is 12.3. The van der Waals surface area contributed by atoms with Crippen molar-refractivity contribution in [1.82, 2.24) is 9.21 Å². The van der Waals surface area contributed by atoms with Gasteiger partial charge in [0.05, 0.1) is 12.8 Å². The molecule has 2 heterocycles. The highest BCUT2D eigenvalue weighted by atomic mass is 35.5. The summed E-state index contributed by atoms with van der Waals surface area (Å²) in [6, 6.07) is 7.77. The number of piperazine rings is 1. The average molecular weight is 400 g/mol. The van der Waals surface area contributed by atoms with Gasteiger partial charge in [0, 0.05) is 49.5 Å². The highest BCUT2D eigenvalue weighted by Crippen LogP contribution is 2.21. The molecular formula is C17H26ClN5O2S. The SMILES string of the molecule is CS(=O)(=O)N1CCC[C@@H]1CN=C(N)N1CCN(c2ccc(Cl)cc2)CC1. The Morgan fingerprint density at radius 1 is 1.19 bits per heavy atom. The molecule has 1 aromatic carbocycles. The lowest BCUT2D eigenvalue weighted by molar-refractivity contribution is 0.372. The van der Waals surface area contributed by atoms with Crippen LogP contribution < -0.4 is 10.6 Å². The van der Waals surface area contributed by atoms with Crippen LogP contribution in [0.2, 0.25) is 5.02 Å². The summed E-state index contributed by atoms with van der Waals surface area (Å²) in [5.41, 5.74) is 7.31. The minimum Gasteiger partial charge on any atom is -0.370 e. The molecule has 2 N–H and O–H groups in total. The van der Waals surface area contributed by atoms with Crippen molar-refractivity contribution >= 4 is 33.3 Å². The Balaban J connectivity index is 1.54. The second-order valence-electron chi connectivity index (χ2n) is 6.82. The molecular weight excluding hydrogens is 374 g/mol. The van der Waals surface area contributed by atoms with Crippen molar-refractivity contribution in [3.05, 3.63) is 29.3 Å². The van der Waals surface area contributed by atoms with Crippen LogP contribution in [-0.2, 0) is 10.0 Å². The lowest BCUT2D eigenvalue weighted by atomic mass is 10.2. The molecule has 0 aromatic heterocycles. The third kappa shape index (κ3) is 4.61. The number of guanidine groups is 1. The lowest BCUT2D eigenvalue weighted by Crippen LogP contribution is -2.51. The van der Waals surface area contributed by atoms with Crippen LogP contribution in [0.1, 0.15) is 12.8 Å². The number of sulfonamides is 1. The Kier molecular flexibility index (Phi) is 5.94. The van der Waals surface area contributed by atoms with Gasteiger partial charge >= 0.3 is 0 Å². The van der Waals surface area contributed by atoms with E-state index in [1.165, 1.54) is 6.26 Å². The van der Waals surface area contributed by atoms with Gasteiger partial charge in [-0.15, -0.1) is 0 Å². The number of halogens is 1. The van der Waals surface area contributed by atoms with Gasteiger partial charge in [-0.3, -0.25) is 4.99 Å². The normalized spacial score (nSPS) is 22.8. The largest absolute Gasteiger partial charge is 0.370 e. The van der Waals surface area contributed by atoms with E-state index in [4.69, 9.17) is 17.3 Å². The minimum atomic E-state index is -3.17. The van der Waals surface area contributed by atoms with Gasteiger partial charge in [-0.2, -0.15) is 4.31 Å². The summed E-state index contributed by atoms with van der Waals surface area (Å²) in [5.74, 6) is 0.501. The molecule has 0 saturated carbocycles. The van der Waals surface area contributed by atoms with Gasteiger partial charge in [-0.25, -0.2) is 8.42 Å². The molecule has 0 unspecified atom stereocenters. The molecule has 2 saturated heterocycles. The number of nitrogens with two attached hydrogens (primary N) is 1. The maximum absolute atomic E-state index is 11.8. The van der Waals surface area contributed by atoms with Crippen LogP contribution in [0.3, 0.4) is 0 Å². The molecule has 1 atom stereocenters. The van der Waals surface area contributed by atoms with Gasteiger partial charge < -0.3 is 15.5 Å². The summed E-state index contributed by atoms with van der Waals surface area (Å²) in [6.45, 7) is 4.30. The molecule has 0 bridgehead atoms. The van der Waals surface area contributed by atoms with Crippen molar-refractivity contribution in [2.75, 3.05) is 50.4 Å². The molecule has 0 spiro atoms. The molecule has 3 rings (SSSR count). The van der Waals surface area contributed by atoms with Crippen molar-refractivity contribution < 1.29 is 8.42 Å². The first-order valence-corrected chi connectivity index (χ1v) is 11.1. The molecule has 26 heavy (non-hydrogen) atoms. The fourth-order valence-corrected chi connectivity index (χ4v) is 4.87. The topological polar surface area (TPSA) is 82.2 Å². The summed E-state index contributed by atoms with van der Waals surface area (Å²) in [6.07, 6.45) is 2.98. The monoisotopic (exact) mass is 399 g/mol. The third-order valence-electron chi connectivity index (χ3n) is 5.01. The average Bonchev–Trinajstić information content (AvgIpc) is 3.09. The van der Waals surface area contributed by atoms with Gasteiger partial charge in [0.15, 0.2) is 5.96 Å². The molecule has 9 heteroatoms. The van der Waals surface area contributed by atoms with Crippen LogP contribution in [0, 0.1) is 0 Å². The predicted molar refractivity (Wildman–Crippen MR) is 106 cm³/mol. The predicted octanol–water partition coefficient (Wildman–Crippen LogP) is 1.20. The molecule has 0 amide bonds. The van der Waals surface area contributed by atoms with Crippen molar-refractivity contribution in [2.24, 2.45) is 10.7 Å². The molecule has 1 aromatic rings. The maximum Gasteiger partial charge on any atom is 0.211 e. The number of rotatable bonds is 4. The first kappa shape index (κ1) is 19.3. The van der Waals surface area contributed by atoms with E-state index in [9.17, 15) is 8.42 Å². The Morgan fingerprint density at radius 2 is 1.85 bits per heavy atom. The fraction of sp³-hybridized carbons (Fsp3) is 0.588. The molecule has 144 valence electrons. The number of anilines is 1. The Morgan fingerprint density at radius 3 is 2.46 bits per heavy atom. The van der Waals surface area contributed by atoms with Crippen LogP contribution in [0.25, 0.3) is 0 Å². The first-order valence-electron chi connectivity index (χ1n) is 8.87. The van der Waals surface area contributed by atoms with E-state index in [0.29, 0.717) is 19.0 Å². The van der Waals surface area contributed by atoms with Crippen molar-refractivity contribution in [3.8, 4) is 0 Å². The second kappa shape index (κ2) is 8.02. The summed E-state index contributed by atoms with van der Waals surface area (Å²) in [4.78, 5) is 8.84. The van der Waals surface area contributed by atoms with E-state index in [0.717, 1.165) is 49.7 Å². The van der Waals surface area contributed by atoms with Gasteiger partial charge in [0.1, 0.15) is 0 Å². The van der Waals surface area contributed by atoms with Gasteiger partial charge in [-0.1, -0.05) is 11.6 Å². The van der Waals surface area contributed by atoms with Crippen molar-refractivity contribution in [2.45, 2.75) is 18.9 Å². The molecule has 2 fully saturated rings. The summed E-state index contributed by atoms with van der Waals surface area (Å²) < 4.78 is 25.2. The number of nitrogens with zero attached hydrogens (tertiary/aromatic N) is 4. The summed E-state index contributed by atoms with van der Waals surface area (Å²) in [7, 11) is -3.17.